The third-order valence-corrected chi connectivity index (χ3v) is 3.70. The van der Waals surface area contributed by atoms with Gasteiger partial charge in [0.2, 0.25) is 0 Å². The number of rotatable bonds is 6. The second-order valence-electron chi connectivity index (χ2n) is 5.58. The Morgan fingerprint density at radius 1 is 1.33 bits per heavy atom. The number of hydrogen-bond donors (Lipinski definition) is 1. The summed E-state index contributed by atoms with van der Waals surface area (Å²) in [6.07, 6.45) is 0.992. The highest BCUT2D eigenvalue weighted by atomic mass is 16.1. The summed E-state index contributed by atoms with van der Waals surface area (Å²) in [5.74, 6) is 0.450. The average molecular weight is 285 g/mol. The number of aromatic nitrogens is 2. The van der Waals surface area contributed by atoms with Crippen LogP contribution in [0.3, 0.4) is 0 Å². The zero-order chi connectivity index (χ0) is 15.4. The van der Waals surface area contributed by atoms with Crippen LogP contribution in [0.1, 0.15) is 43.1 Å². The Hall–Kier alpha value is -2.10. The number of ketones is 1. The van der Waals surface area contributed by atoms with E-state index in [9.17, 15) is 4.79 Å². The minimum absolute atomic E-state index is 0.206. The van der Waals surface area contributed by atoms with E-state index in [-0.39, 0.29) is 11.7 Å². The molecule has 0 aliphatic rings. The summed E-state index contributed by atoms with van der Waals surface area (Å²) < 4.78 is 1.90. The summed E-state index contributed by atoms with van der Waals surface area (Å²) in [7, 11) is 0. The summed E-state index contributed by atoms with van der Waals surface area (Å²) in [6, 6.07) is 9.74. The molecule has 1 aromatic heterocycles. The Morgan fingerprint density at radius 2 is 2.00 bits per heavy atom. The van der Waals surface area contributed by atoms with Gasteiger partial charge in [0.1, 0.15) is 5.78 Å². The number of aryl methyl sites for hydroxylation is 2. The van der Waals surface area contributed by atoms with Crippen molar-refractivity contribution >= 4 is 11.5 Å². The zero-order valence-corrected chi connectivity index (χ0v) is 13.0. The van der Waals surface area contributed by atoms with Crippen LogP contribution in [0.5, 0.6) is 0 Å². The lowest BCUT2D eigenvalue weighted by molar-refractivity contribution is -0.118. The molecule has 0 radical (unpaired) electrons. The number of nitrogens with two attached hydrogens (primary N) is 1. The van der Waals surface area contributed by atoms with Gasteiger partial charge in [-0.05, 0) is 43.5 Å². The molecule has 1 aromatic carbocycles. The number of carbonyl (C=O) groups excluding carboxylic acids is 1. The van der Waals surface area contributed by atoms with E-state index in [1.807, 2.05) is 48.9 Å². The molecular weight excluding hydrogens is 262 g/mol. The van der Waals surface area contributed by atoms with E-state index in [0.717, 1.165) is 29.2 Å². The van der Waals surface area contributed by atoms with Gasteiger partial charge in [-0.15, -0.1) is 0 Å². The second-order valence-corrected chi connectivity index (χ2v) is 5.58. The smallest absolute Gasteiger partial charge is 0.139 e. The van der Waals surface area contributed by atoms with Gasteiger partial charge >= 0.3 is 0 Å². The average Bonchev–Trinajstić information content (AvgIpc) is 2.79. The van der Waals surface area contributed by atoms with Crippen molar-refractivity contribution < 1.29 is 4.79 Å². The van der Waals surface area contributed by atoms with Crippen LogP contribution in [0.25, 0.3) is 0 Å². The topological polar surface area (TPSA) is 60.9 Å². The second kappa shape index (κ2) is 6.57. The van der Waals surface area contributed by atoms with Crippen molar-refractivity contribution in [2.75, 3.05) is 5.73 Å². The number of Topliss-reactive ketones (excluding diaryl/α,β-unsaturated/α-hetero) is 1. The molecule has 2 N–H and O–H groups in total. The Labute approximate surface area is 126 Å². The summed E-state index contributed by atoms with van der Waals surface area (Å²) in [5, 5.41) is 4.38. The lowest BCUT2D eigenvalue weighted by Gasteiger charge is -2.11. The summed E-state index contributed by atoms with van der Waals surface area (Å²) in [4.78, 5) is 12.3. The van der Waals surface area contributed by atoms with E-state index in [0.29, 0.717) is 12.8 Å². The monoisotopic (exact) mass is 285 g/mol. The first-order chi connectivity index (χ1) is 9.99. The van der Waals surface area contributed by atoms with Crippen LogP contribution in [0.4, 0.5) is 5.69 Å². The van der Waals surface area contributed by atoms with Gasteiger partial charge in [0.25, 0.3) is 0 Å². The summed E-state index contributed by atoms with van der Waals surface area (Å²) in [5.41, 5.74) is 9.56. The predicted octanol–water partition coefficient (Wildman–Crippen LogP) is 3.10. The van der Waals surface area contributed by atoms with E-state index in [2.05, 4.69) is 12.0 Å². The third-order valence-electron chi connectivity index (χ3n) is 3.70. The van der Waals surface area contributed by atoms with Gasteiger partial charge in [0, 0.05) is 30.8 Å². The largest absolute Gasteiger partial charge is 0.399 e. The van der Waals surface area contributed by atoms with Gasteiger partial charge in [0.15, 0.2) is 0 Å². The maximum absolute atomic E-state index is 12.3. The normalized spacial score (nSPS) is 12.3. The molecule has 1 unspecified atom stereocenters. The highest BCUT2D eigenvalue weighted by molar-refractivity contribution is 5.81. The first kappa shape index (κ1) is 15.3. The van der Waals surface area contributed by atoms with Crippen LogP contribution in [-0.2, 0) is 17.8 Å². The number of anilines is 1. The predicted molar refractivity (Wildman–Crippen MR) is 85.2 cm³/mol. The number of nitrogen functional groups attached to an aromatic ring is 1. The van der Waals surface area contributed by atoms with Gasteiger partial charge in [-0.25, -0.2) is 0 Å². The van der Waals surface area contributed by atoms with Crippen molar-refractivity contribution in [1.29, 1.82) is 0 Å². The molecule has 0 bridgehead atoms. The minimum atomic E-state index is 0.206. The van der Waals surface area contributed by atoms with Crippen molar-refractivity contribution in [3.8, 4) is 0 Å². The lowest BCUT2D eigenvalue weighted by Crippen LogP contribution is -2.11. The van der Waals surface area contributed by atoms with Crippen LogP contribution >= 0.6 is 0 Å². The summed E-state index contributed by atoms with van der Waals surface area (Å²) >= 11 is 0. The standard InChI is InChI=1S/C17H23N3O/c1-4-20-16(10-13(3)19-20)11-17(21)9-12(2)14-5-7-15(18)8-6-14/h5-8,10,12H,4,9,11,18H2,1-3H3. The van der Waals surface area contributed by atoms with Crippen molar-refractivity contribution in [3.05, 3.63) is 47.3 Å². The Balaban J connectivity index is 1.99. The van der Waals surface area contributed by atoms with E-state index in [1.54, 1.807) is 0 Å². The lowest BCUT2D eigenvalue weighted by atomic mass is 9.94. The van der Waals surface area contributed by atoms with Crippen molar-refractivity contribution in [2.24, 2.45) is 0 Å². The minimum Gasteiger partial charge on any atom is -0.399 e. The molecule has 0 saturated heterocycles. The number of carbonyl (C=O) groups is 1. The molecule has 4 nitrogen and oxygen atoms in total. The molecule has 2 rings (SSSR count). The van der Waals surface area contributed by atoms with Gasteiger partial charge in [-0.2, -0.15) is 5.10 Å². The quantitative estimate of drug-likeness (QED) is 0.830. The number of hydrogen-bond acceptors (Lipinski definition) is 3. The van der Waals surface area contributed by atoms with Crippen molar-refractivity contribution in [2.45, 2.75) is 46.1 Å². The van der Waals surface area contributed by atoms with E-state index >= 15 is 0 Å². The maximum atomic E-state index is 12.3. The first-order valence-corrected chi connectivity index (χ1v) is 7.40. The molecule has 112 valence electrons. The van der Waals surface area contributed by atoms with Crippen LogP contribution in [0.2, 0.25) is 0 Å². The SMILES string of the molecule is CCn1nc(C)cc1CC(=O)CC(C)c1ccc(N)cc1. The highest BCUT2D eigenvalue weighted by Crippen LogP contribution is 2.21. The van der Waals surface area contributed by atoms with Crippen LogP contribution in [0.15, 0.2) is 30.3 Å². The molecule has 1 atom stereocenters. The molecule has 0 aliphatic heterocycles. The fourth-order valence-electron chi connectivity index (χ4n) is 2.57. The Bertz CT molecular complexity index is 613. The van der Waals surface area contributed by atoms with Crippen LogP contribution < -0.4 is 5.73 Å². The van der Waals surface area contributed by atoms with E-state index in [4.69, 9.17) is 5.73 Å². The Morgan fingerprint density at radius 3 is 2.62 bits per heavy atom. The molecule has 0 spiro atoms. The molecule has 21 heavy (non-hydrogen) atoms. The zero-order valence-electron chi connectivity index (χ0n) is 13.0. The molecule has 2 aromatic rings. The summed E-state index contributed by atoms with van der Waals surface area (Å²) in [6.45, 7) is 6.87. The number of nitrogens with zero attached hydrogens (tertiary/aromatic N) is 2. The molecule has 0 saturated carbocycles. The Kier molecular flexibility index (Phi) is 4.78. The fraction of sp³-hybridized carbons (Fsp3) is 0.412. The molecule has 0 amide bonds. The van der Waals surface area contributed by atoms with Crippen LogP contribution in [-0.4, -0.2) is 15.6 Å². The number of benzene rings is 1. The van der Waals surface area contributed by atoms with Crippen molar-refractivity contribution in [3.63, 3.8) is 0 Å². The van der Waals surface area contributed by atoms with Gasteiger partial charge in [-0.1, -0.05) is 19.1 Å². The van der Waals surface area contributed by atoms with E-state index in [1.165, 1.54) is 0 Å². The highest BCUT2D eigenvalue weighted by Gasteiger charge is 2.14. The molecular formula is C17H23N3O. The van der Waals surface area contributed by atoms with Gasteiger partial charge in [-0.3, -0.25) is 9.48 Å². The molecule has 0 fully saturated rings. The first-order valence-electron chi connectivity index (χ1n) is 7.40. The third kappa shape index (κ3) is 3.94. The van der Waals surface area contributed by atoms with Gasteiger partial charge < -0.3 is 5.73 Å². The van der Waals surface area contributed by atoms with Crippen molar-refractivity contribution in [1.82, 2.24) is 9.78 Å². The maximum Gasteiger partial charge on any atom is 0.139 e. The fourth-order valence-corrected chi connectivity index (χ4v) is 2.57. The molecule has 4 heteroatoms. The molecule has 0 aliphatic carbocycles. The van der Waals surface area contributed by atoms with E-state index < -0.39 is 0 Å². The van der Waals surface area contributed by atoms with Gasteiger partial charge in [0.05, 0.1) is 5.69 Å². The molecule has 1 heterocycles. The van der Waals surface area contributed by atoms with Crippen LogP contribution in [0, 0.1) is 6.92 Å².